The molecule has 1 atom stereocenters. The highest BCUT2D eigenvalue weighted by Gasteiger charge is 2.16. The van der Waals surface area contributed by atoms with Crippen LogP contribution in [0.3, 0.4) is 0 Å². The molecule has 0 fully saturated rings. The molecular formula is C16H18BrNO3. The van der Waals surface area contributed by atoms with Crippen LogP contribution >= 0.6 is 15.9 Å². The van der Waals surface area contributed by atoms with E-state index in [9.17, 15) is 4.79 Å². The predicted molar refractivity (Wildman–Crippen MR) is 85.7 cm³/mol. The number of benzene rings is 1. The number of hydrogen-bond donors (Lipinski definition) is 1. The van der Waals surface area contributed by atoms with Crippen LogP contribution in [0, 0.1) is 13.8 Å². The summed E-state index contributed by atoms with van der Waals surface area (Å²) in [5.41, 5.74) is 3.36. The number of carbonyl (C=O) groups is 1. The molecule has 0 aliphatic carbocycles. The van der Waals surface area contributed by atoms with Gasteiger partial charge in [-0.3, -0.25) is 0 Å². The lowest BCUT2D eigenvalue weighted by molar-refractivity contribution is 0.0562. The maximum atomic E-state index is 11.4. The first-order valence-electron chi connectivity index (χ1n) is 6.63. The third kappa shape index (κ3) is 3.47. The fraction of sp³-hybridized carbons (Fsp3) is 0.312. The van der Waals surface area contributed by atoms with E-state index in [4.69, 9.17) is 4.42 Å². The first kappa shape index (κ1) is 15.6. The van der Waals surface area contributed by atoms with Gasteiger partial charge in [0, 0.05) is 4.47 Å². The van der Waals surface area contributed by atoms with Gasteiger partial charge in [0.15, 0.2) is 0 Å². The van der Waals surface area contributed by atoms with Gasteiger partial charge in [-0.2, -0.15) is 0 Å². The zero-order valence-electron chi connectivity index (χ0n) is 12.5. The number of ether oxygens (including phenoxy) is 1. The normalized spacial score (nSPS) is 12.0. The minimum Gasteiger partial charge on any atom is -0.463 e. The second kappa shape index (κ2) is 6.35. The van der Waals surface area contributed by atoms with E-state index in [1.54, 1.807) is 12.1 Å². The molecule has 5 heteroatoms. The van der Waals surface area contributed by atoms with Gasteiger partial charge in [0.05, 0.1) is 18.8 Å². The molecule has 4 nitrogen and oxygen atoms in total. The monoisotopic (exact) mass is 351 g/mol. The molecule has 1 heterocycles. The highest BCUT2D eigenvalue weighted by molar-refractivity contribution is 9.10. The molecule has 2 aromatic rings. The maximum absolute atomic E-state index is 11.4. The molecule has 0 saturated carbocycles. The zero-order chi connectivity index (χ0) is 15.6. The molecule has 112 valence electrons. The van der Waals surface area contributed by atoms with E-state index >= 15 is 0 Å². The largest absolute Gasteiger partial charge is 0.463 e. The van der Waals surface area contributed by atoms with Crippen LogP contribution in [0.1, 0.15) is 40.4 Å². The molecule has 0 saturated heterocycles. The fourth-order valence-electron chi connectivity index (χ4n) is 2.18. The van der Waals surface area contributed by atoms with Crippen molar-refractivity contribution >= 4 is 27.6 Å². The summed E-state index contributed by atoms with van der Waals surface area (Å²) >= 11 is 3.57. The Morgan fingerprint density at radius 1 is 1.33 bits per heavy atom. The Balaban J connectivity index is 2.20. The molecule has 1 aromatic carbocycles. The average molecular weight is 352 g/mol. The summed E-state index contributed by atoms with van der Waals surface area (Å²) in [6.45, 7) is 6.08. The molecule has 0 spiro atoms. The fourth-order valence-corrected chi connectivity index (χ4v) is 2.97. The van der Waals surface area contributed by atoms with E-state index in [1.165, 1.54) is 12.7 Å². The Labute approximate surface area is 132 Å². The molecule has 0 aliphatic heterocycles. The van der Waals surface area contributed by atoms with E-state index in [0.29, 0.717) is 5.76 Å². The van der Waals surface area contributed by atoms with Gasteiger partial charge in [-0.05, 0) is 66.0 Å². The number of rotatable bonds is 4. The van der Waals surface area contributed by atoms with Gasteiger partial charge in [-0.15, -0.1) is 0 Å². The Hall–Kier alpha value is -1.75. The van der Waals surface area contributed by atoms with Crippen molar-refractivity contribution in [2.24, 2.45) is 0 Å². The van der Waals surface area contributed by atoms with Gasteiger partial charge in [-0.25, -0.2) is 4.79 Å². The molecule has 0 aliphatic rings. The lowest BCUT2D eigenvalue weighted by Gasteiger charge is -2.17. The van der Waals surface area contributed by atoms with Crippen LogP contribution in [0.15, 0.2) is 33.2 Å². The van der Waals surface area contributed by atoms with Crippen molar-refractivity contribution in [2.75, 3.05) is 12.4 Å². The number of methoxy groups -OCH3 is 1. The molecule has 1 aromatic heterocycles. The standard InChI is InChI=1S/C16H18BrNO3/c1-9-7-10(2)15(12(17)8-9)18-11(3)13-5-6-14(21-13)16(19)20-4/h5-8,11,18H,1-4H3. The van der Waals surface area contributed by atoms with Crippen LogP contribution < -0.4 is 5.32 Å². The summed E-state index contributed by atoms with van der Waals surface area (Å²) in [5.74, 6) is 0.421. The highest BCUT2D eigenvalue weighted by atomic mass is 79.9. The number of esters is 1. The smallest absolute Gasteiger partial charge is 0.373 e. The first-order valence-corrected chi connectivity index (χ1v) is 7.43. The van der Waals surface area contributed by atoms with E-state index in [-0.39, 0.29) is 11.8 Å². The van der Waals surface area contributed by atoms with Crippen LogP contribution in [0.25, 0.3) is 0 Å². The molecule has 1 unspecified atom stereocenters. The SMILES string of the molecule is COC(=O)c1ccc(C(C)Nc2c(C)cc(C)cc2Br)o1. The molecule has 21 heavy (non-hydrogen) atoms. The number of anilines is 1. The quantitative estimate of drug-likeness (QED) is 0.816. The minimum atomic E-state index is -0.471. The van der Waals surface area contributed by atoms with Gasteiger partial charge in [0.1, 0.15) is 5.76 Å². The van der Waals surface area contributed by atoms with Crippen molar-refractivity contribution in [3.05, 3.63) is 51.4 Å². The van der Waals surface area contributed by atoms with Crippen molar-refractivity contribution in [2.45, 2.75) is 26.8 Å². The number of hydrogen-bond acceptors (Lipinski definition) is 4. The van der Waals surface area contributed by atoms with Gasteiger partial charge < -0.3 is 14.5 Å². The van der Waals surface area contributed by atoms with E-state index in [2.05, 4.69) is 52.0 Å². The number of furan rings is 1. The zero-order valence-corrected chi connectivity index (χ0v) is 14.1. The minimum absolute atomic E-state index is 0.0684. The maximum Gasteiger partial charge on any atom is 0.373 e. The van der Waals surface area contributed by atoms with E-state index < -0.39 is 5.97 Å². The number of carbonyl (C=O) groups excluding carboxylic acids is 1. The number of halogens is 1. The second-order valence-corrected chi connectivity index (χ2v) is 5.85. The summed E-state index contributed by atoms with van der Waals surface area (Å²) in [5, 5.41) is 3.40. The van der Waals surface area contributed by atoms with Gasteiger partial charge in [-0.1, -0.05) is 6.07 Å². The van der Waals surface area contributed by atoms with E-state index in [1.807, 2.05) is 6.92 Å². The third-order valence-electron chi connectivity index (χ3n) is 3.23. The second-order valence-electron chi connectivity index (χ2n) is 5.00. The lowest BCUT2D eigenvalue weighted by atomic mass is 10.1. The molecule has 0 radical (unpaired) electrons. The Bertz CT molecular complexity index is 640. The van der Waals surface area contributed by atoms with Gasteiger partial charge >= 0.3 is 5.97 Å². The van der Waals surface area contributed by atoms with Crippen LogP contribution in [-0.2, 0) is 4.74 Å². The lowest BCUT2D eigenvalue weighted by Crippen LogP contribution is -2.08. The average Bonchev–Trinajstić information content (AvgIpc) is 2.91. The number of aryl methyl sites for hydroxylation is 2. The molecule has 1 N–H and O–H groups in total. The summed E-state index contributed by atoms with van der Waals surface area (Å²) in [6.07, 6.45) is 0. The predicted octanol–water partition coefficient (Wildman–Crippen LogP) is 4.62. The Morgan fingerprint density at radius 3 is 2.67 bits per heavy atom. The summed E-state index contributed by atoms with van der Waals surface area (Å²) in [7, 11) is 1.33. The summed E-state index contributed by atoms with van der Waals surface area (Å²) < 4.78 is 11.2. The van der Waals surface area contributed by atoms with Crippen molar-refractivity contribution in [3.63, 3.8) is 0 Å². The van der Waals surface area contributed by atoms with Gasteiger partial charge in [0.2, 0.25) is 5.76 Å². The first-order chi connectivity index (χ1) is 9.92. The van der Waals surface area contributed by atoms with Crippen molar-refractivity contribution < 1.29 is 13.9 Å². The van der Waals surface area contributed by atoms with Crippen LogP contribution in [0.2, 0.25) is 0 Å². The van der Waals surface area contributed by atoms with Crippen molar-refractivity contribution in [1.82, 2.24) is 0 Å². The highest BCUT2D eigenvalue weighted by Crippen LogP contribution is 2.31. The Morgan fingerprint density at radius 2 is 2.05 bits per heavy atom. The van der Waals surface area contributed by atoms with Crippen molar-refractivity contribution in [3.8, 4) is 0 Å². The molecule has 2 rings (SSSR count). The summed E-state index contributed by atoms with van der Waals surface area (Å²) in [6, 6.07) is 7.50. The van der Waals surface area contributed by atoms with Crippen LogP contribution in [0.4, 0.5) is 5.69 Å². The number of nitrogens with one attached hydrogen (secondary N) is 1. The van der Waals surface area contributed by atoms with Crippen molar-refractivity contribution in [1.29, 1.82) is 0 Å². The van der Waals surface area contributed by atoms with Crippen LogP contribution in [-0.4, -0.2) is 13.1 Å². The summed E-state index contributed by atoms with van der Waals surface area (Å²) in [4.78, 5) is 11.4. The topological polar surface area (TPSA) is 51.5 Å². The van der Waals surface area contributed by atoms with Gasteiger partial charge in [0.25, 0.3) is 0 Å². The molecule has 0 amide bonds. The molecular weight excluding hydrogens is 334 g/mol. The third-order valence-corrected chi connectivity index (χ3v) is 3.86. The Kier molecular flexibility index (Phi) is 4.73. The van der Waals surface area contributed by atoms with E-state index in [0.717, 1.165) is 15.7 Å². The van der Waals surface area contributed by atoms with Crippen LogP contribution in [0.5, 0.6) is 0 Å². The molecule has 0 bridgehead atoms.